The van der Waals surface area contributed by atoms with Crippen LogP contribution in [0.25, 0.3) is 10.4 Å². The normalized spacial score (nSPS) is 22.8. The van der Waals surface area contributed by atoms with Crippen molar-refractivity contribution in [1.82, 2.24) is 0 Å². The summed E-state index contributed by atoms with van der Waals surface area (Å²) in [5, 5.41) is 3.59. The summed E-state index contributed by atoms with van der Waals surface area (Å²) < 4.78 is 19.4. The van der Waals surface area contributed by atoms with Gasteiger partial charge >= 0.3 is 0 Å². The zero-order valence-corrected chi connectivity index (χ0v) is 9.27. The molecule has 1 aliphatic carbocycles. The molecule has 0 aromatic heterocycles. The third-order valence-electron chi connectivity index (χ3n) is 3.34. The lowest BCUT2D eigenvalue weighted by atomic mass is 9.95. The smallest absolute Gasteiger partial charge is 0.127 e. The van der Waals surface area contributed by atoms with Gasteiger partial charge in [0, 0.05) is 10.5 Å². The second kappa shape index (κ2) is 4.02. The van der Waals surface area contributed by atoms with E-state index >= 15 is 0 Å². The number of benzene rings is 1. The van der Waals surface area contributed by atoms with Crippen LogP contribution in [0.3, 0.4) is 0 Å². The number of nitrogens with zero attached hydrogens (tertiary/aromatic N) is 3. The third kappa shape index (κ3) is 1.88. The fourth-order valence-electron chi connectivity index (χ4n) is 2.36. The largest absolute Gasteiger partial charge is 0.376 e. The molecule has 0 unspecified atom stereocenters. The minimum atomic E-state index is -0.531. The number of azide groups is 1. The minimum Gasteiger partial charge on any atom is -0.376 e. The second-order valence-corrected chi connectivity index (χ2v) is 4.59. The molecule has 0 bridgehead atoms. The second-order valence-electron chi connectivity index (χ2n) is 4.59. The van der Waals surface area contributed by atoms with Gasteiger partial charge in [0.2, 0.25) is 0 Å². The number of halogens is 1. The molecule has 5 heteroatoms. The van der Waals surface area contributed by atoms with Gasteiger partial charge in [0.1, 0.15) is 5.82 Å². The lowest BCUT2D eigenvalue weighted by Crippen LogP contribution is -2.17. The molecule has 2 aliphatic rings. The minimum absolute atomic E-state index is 0.259. The summed E-state index contributed by atoms with van der Waals surface area (Å²) in [7, 11) is 0. The zero-order valence-electron chi connectivity index (χ0n) is 9.27. The molecule has 17 heavy (non-hydrogen) atoms. The predicted molar refractivity (Wildman–Crippen MR) is 59.9 cm³/mol. The van der Waals surface area contributed by atoms with Crippen LogP contribution in [0.15, 0.2) is 17.2 Å². The summed E-state index contributed by atoms with van der Waals surface area (Å²) in [5.41, 5.74) is 10.9. The Labute approximate surface area is 98.0 Å². The van der Waals surface area contributed by atoms with E-state index in [9.17, 15) is 4.39 Å². The van der Waals surface area contributed by atoms with Gasteiger partial charge in [0.25, 0.3) is 0 Å². The van der Waals surface area contributed by atoms with Crippen LogP contribution in [-0.4, -0.2) is 6.61 Å². The summed E-state index contributed by atoms with van der Waals surface area (Å²) in [5.74, 6) is 0.250. The Morgan fingerprint density at radius 1 is 1.41 bits per heavy atom. The van der Waals surface area contributed by atoms with Crippen molar-refractivity contribution in [2.75, 3.05) is 6.61 Å². The van der Waals surface area contributed by atoms with E-state index in [4.69, 9.17) is 10.3 Å². The van der Waals surface area contributed by atoms with Gasteiger partial charge < -0.3 is 4.74 Å². The van der Waals surface area contributed by atoms with E-state index in [1.807, 2.05) is 6.07 Å². The van der Waals surface area contributed by atoms with E-state index in [0.29, 0.717) is 18.1 Å². The standard InChI is InChI=1S/C12H12FN3O/c13-10-4-8(7-1-2-7)3-9-5-17-6-11(12(9)10)15-16-14/h3-4,7,11H,1-2,5-6H2/t11-/m1/s1. The molecule has 1 heterocycles. The highest BCUT2D eigenvalue weighted by Gasteiger charge is 2.29. The van der Waals surface area contributed by atoms with Gasteiger partial charge in [0.15, 0.2) is 0 Å². The van der Waals surface area contributed by atoms with Crippen LogP contribution >= 0.6 is 0 Å². The summed E-state index contributed by atoms with van der Waals surface area (Å²) >= 11 is 0. The molecule has 1 saturated carbocycles. The van der Waals surface area contributed by atoms with Crippen molar-refractivity contribution < 1.29 is 9.13 Å². The van der Waals surface area contributed by atoms with Gasteiger partial charge in [-0.05, 0) is 41.5 Å². The Morgan fingerprint density at radius 2 is 2.24 bits per heavy atom. The van der Waals surface area contributed by atoms with E-state index in [1.165, 1.54) is 0 Å². The van der Waals surface area contributed by atoms with Crippen molar-refractivity contribution >= 4 is 0 Å². The van der Waals surface area contributed by atoms with Crippen LogP contribution in [-0.2, 0) is 11.3 Å². The third-order valence-corrected chi connectivity index (χ3v) is 3.34. The predicted octanol–water partition coefficient (Wildman–Crippen LogP) is 3.58. The van der Waals surface area contributed by atoms with Crippen molar-refractivity contribution in [2.45, 2.75) is 31.4 Å². The molecule has 1 atom stereocenters. The SMILES string of the molecule is [N-]=[N+]=N[C@@H]1COCc2cc(C3CC3)cc(F)c21. The fraction of sp³-hybridized carbons (Fsp3) is 0.500. The molecule has 0 spiro atoms. The van der Waals surface area contributed by atoms with Crippen LogP contribution in [0.4, 0.5) is 4.39 Å². The number of rotatable bonds is 2. The van der Waals surface area contributed by atoms with E-state index < -0.39 is 6.04 Å². The Balaban J connectivity index is 2.07. The van der Waals surface area contributed by atoms with E-state index in [2.05, 4.69) is 10.0 Å². The number of hydrogen-bond acceptors (Lipinski definition) is 2. The number of hydrogen-bond donors (Lipinski definition) is 0. The van der Waals surface area contributed by atoms with E-state index in [0.717, 1.165) is 24.0 Å². The molecule has 1 aromatic rings. The highest BCUT2D eigenvalue weighted by molar-refractivity contribution is 5.39. The summed E-state index contributed by atoms with van der Waals surface area (Å²) in [6, 6.07) is 3.05. The lowest BCUT2D eigenvalue weighted by Gasteiger charge is -2.23. The van der Waals surface area contributed by atoms with Gasteiger partial charge in [-0.25, -0.2) is 4.39 Å². The van der Waals surface area contributed by atoms with Gasteiger partial charge in [-0.15, -0.1) is 0 Å². The number of ether oxygens (including phenoxy) is 1. The molecule has 1 fully saturated rings. The average molecular weight is 233 g/mol. The Kier molecular flexibility index (Phi) is 2.50. The first-order valence-corrected chi connectivity index (χ1v) is 5.73. The topological polar surface area (TPSA) is 58.0 Å². The lowest BCUT2D eigenvalue weighted by molar-refractivity contribution is 0.0906. The van der Waals surface area contributed by atoms with Crippen molar-refractivity contribution in [3.63, 3.8) is 0 Å². The van der Waals surface area contributed by atoms with Gasteiger partial charge in [-0.1, -0.05) is 11.2 Å². The average Bonchev–Trinajstić information content (AvgIpc) is 3.13. The van der Waals surface area contributed by atoms with Crippen LogP contribution in [0.5, 0.6) is 0 Å². The van der Waals surface area contributed by atoms with Crippen LogP contribution in [0, 0.1) is 5.82 Å². The van der Waals surface area contributed by atoms with Crippen molar-refractivity contribution in [1.29, 1.82) is 0 Å². The molecular formula is C12H12FN3O. The van der Waals surface area contributed by atoms with Crippen LogP contribution in [0.2, 0.25) is 0 Å². The molecule has 1 aliphatic heterocycles. The molecular weight excluding hydrogens is 221 g/mol. The Bertz CT molecular complexity index is 507. The molecule has 88 valence electrons. The van der Waals surface area contributed by atoms with Crippen LogP contribution in [0.1, 0.15) is 41.5 Å². The fourth-order valence-corrected chi connectivity index (χ4v) is 2.36. The van der Waals surface area contributed by atoms with Gasteiger partial charge in [-0.3, -0.25) is 0 Å². The molecule has 0 radical (unpaired) electrons. The molecule has 0 amide bonds. The van der Waals surface area contributed by atoms with E-state index in [1.54, 1.807) is 6.07 Å². The van der Waals surface area contributed by atoms with Crippen molar-refractivity contribution in [3.05, 3.63) is 45.1 Å². The highest BCUT2D eigenvalue weighted by Crippen LogP contribution is 2.42. The first kappa shape index (κ1) is 10.6. The monoisotopic (exact) mass is 233 g/mol. The molecule has 0 saturated heterocycles. The molecule has 1 aromatic carbocycles. The first-order valence-electron chi connectivity index (χ1n) is 5.73. The maximum atomic E-state index is 14.1. The summed E-state index contributed by atoms with van der Waals surface area (Å²) in [6.07, 6.45) is 2.28. The summed E-state index contributed by atoms with van der Waals surface area (Å²) in [6.45, 7) is 0.668. The Hall–Kier alpha value is -1.58. The van der Waals surface area contributed by atoms with Gasteiger partial charge in [-0.2, -0.15) is 0 Å². The highest BCUT2D eigenvalue weighted by atomic mass is 19.1. The first-order chi connectivity index (χ1) is 8.29. The van der Waals surface area contributed by atoms with E-state index in [-0.39, 0.29) is 12.4 Å². The zero-order chi connectivity index (χ0) is 11.8. The quantitative estimate of drug-likeness (QED) is 0.437. The molecule has 4 nitrogen and oxygen atoms in total. The summed E-state index contributed by atoms with van der Waals surface area (Å²) in [4.78, 5) is 2.75. The van der Waals surface area contributed by atoms with Crippen molar-refractivity contribution in [2.24, 2.45) is 5.11 Å². The molecule has 3 rings (SSSR count). The number of fused-ring (bicyclic) bond motifs is 1. The molecule has 0 N–H and O–H groups in total. The van der Waals surface area contributed by atoms with Crippen molar-refractivity contribution in [3.8, 4) is 0 Å². The Morgan fingerprint density at radius 3 is 2.94 bits per heavy atom. The maximum Gasteiger partial charge on any atom is 0.127 e. The maximum absolute atomic E-state index is 14.1. The van der Waals surface area contributed by atoms with Crippen LogP contribution < -0.4 is 0 Å². The van der Waals surface area contributed by atoms with Gasteiger partial charge in [0.05, 0.1) is 19.3 Å².